The minimum absolute atomic E-state index is 0.166. The molecule has 4 aromatic rings. The van der Waals surface area contributed by atoms with Crippen LogP contribution < -0.4 is 10.6 Å². The molecule has 1 amide bonds. The Hall–Kier alpha value is -3.50. The Kier molecular flexibility index (Phi) is 5.63. The molecule has 2 N–H and O–H groups in total. The predicted octanol–water partition coefficient (Wildman–Crippen LogP) is 5.48. The van der Waals surface area contributed by atoms with Gasteiger partial charge in [0.15, 0.2) is 5.11 Å². The van der Waals surface area contributed by atoms with Crippen LogP contribution in [0.4, 0.5) is 5.69 Å². The van der Waals surface area contributed by atoms with Gasteiger partial charge in [0.1, 0.15) is 0 Å². The van der Waals surface area contributed by atoms with Crippen molar-refractivity contribution in [2.75, 3.05) is 5.32 Å². The van der Waals surface area contributed by atoms with Gasteiger partial charge in [-0.05, 0) is 46.2 Å². The molecule has 142 valence electrons. The number of benzene rings is 4. The van der Waals surface area contributed by atoms with Crippen LogP contribution in [-0.4, -0.2) is 11.0 Å². The summed E-state index contributed by atoms with van der Waals surface area (Å²) in [6.07, 6.45) is 0. The van der Waals surface area contributed by atoms with E-state index < -0.39 is 5.92 Å². The summed E-state index contributed by atoms with van der Waals surface area (Å²) in [5.74, 6) is -0.602. The number of hydrogen-bond acceptors (Lipinski definition) is 2. The topological polar surface area (TPSA) is 41.1 Å². The molecule has 0 atom stereocenters. The van der Waals surface area contributed by atoms with Gasteiger partial charge >= 0.3 is 0 Å². The minimum atomic E-state index is -0.436. The monoisotopic (exact) mass is 396 g/mol. The van der Waals surface area contributed by atoms with E-state index >= 15 is 0 Å². The molecule has 4 heteroatoms. The van der Waals surface area contributed by atoms with E-state index in [-0.39, 0.29) is 11.0 Å². The first-order valence-electron chi connectivity index (χ1n) is 9.41. The Balaban J connectivity index is 1.53. The van der Waals surface area contributed by atoms with Crippen molar-refractivity contribution >= 4 is 39.7 Å². The summed E-state index contributed by atoms with van der Waals surface area (Å²) in [4.78, 5) is 13.1. The maximum atomic E-state index is 13.1. The number of carbonyl (C=O) groups excluding carboxylic acids is 1. The number of rotatable bonds is 4. The van der Waals surface area contributed by atoms with E-state index in [4.69, 9.17) is 12.2 Å². The average molecular weight is 397 g/mol. The maximum absolute atomic E-state index is 13.1. The van der Waals surface area contributed by atoms with Crippen molar-refractivity contribution < 1.29 is 4.79 Å². The average Bonchev–Trinajstić information content (AvgIpc) is 2.75. The maximum Gasteiger partial charge on any atom is 0.238 e. The van der Waals surface area contributed by atoms with Gasteiger partial charge in [0.25, 0.3) is 0 Å². The molecule has 0 saturated carbocycles. The molecule has 29 heavy (non-hydrogen) atoms. The van der Waals surface area contributed by atoms with Crippen molar-refractivity contribution in [2.45, 2.75) is 5.92 Å². The lowest BCUT2D eigenvalue weighted by molar-refractivity contribution is -0.120. The van der Waals surface area contributed by atoms with Gasteiger partial charge in [0.2, 0.25) is 5.91 Å². The Morgan fingerprint density at radius 1 is 0.690 bits per heavy atom. The standard InChI is InChI=1S/C25H20N2OS/c28-24(23(19-10-3-1-4-11-19)20-12-5-2-6-13-20)27-25(29)26-22-16-15-18-9-7-8-14-21(18)17-22/h1-17,23H,(H2,26,27,28,29). The number of thiocarbonyl (C=S) groups is 1. The van der Waals surface area contributed by atoms with E-state index in [0.29, 0.717) is 0 Å². The molecule has 0 spiro atoms. The van der Waals surface area contributed by atoms with E-state index in [9.17, 15) is 4.79 Å². The van der Waals surface area contributed by atoms with Crippen molar-refractivity contribution in [2.24, 2.45) is 0 Å². The summed E-state index contributed by atoms with van der Waals surface area (Å²) in [5.41, 5.74) is 2.68. The number of anilines is 1. The van der Waals surface area contributed by atoms with E-state index in [1.807, 2.05) is 97.1 Å². The van der Waals surface area contributed by atoms with E-state index in [1.54, 1.807) is 0 Å². The van der Waals surface area contributed by atoms with Crippen molar-refractivity contribution in [1.82, 2.24) is 5.32 Å². The number of fused-ring (bicyclic) bond motifs is 1. The van der Waals surface area contributed by atoms with E-state index in [0.717, 1.165) is 27.6 Å². The second-order valence-electron chi connectivity index (χ2n) is 6.76. The molecule has 4 aromatic carbocycles. The van der Waals surface area contributed by atoms with Crippen LogP contribution in [0.25, 0.3) is 10.8 Å². The van der Waals surface area contributed by atoms with Gasteiger partial charge in [0.05, 0.1) is 5.92 Å². The summed E-state index contributed by atoms with van der Waals surface area (Å²) >= 11 is 5.41. The van der Waals surface area contributed by atoms with Crippen LogP contribution in [-0.2, 0) is 4.79 Å². The zero-order valence-corrected chi connectivity index (χ0v) is 16.5. The van der Waals surface area contributed by atoms with Gasteiger partial charge in [0, 0.05) is 5.69 Å². The molecule has 0 aliphatic rings. The molecule has 0 unspecified atom stereocenters. The quantitative estimate of drug-likeness (QED) is 0.449. The highest BCUT2D eigenvalue weighted by Crippen LogP contribution is 2.25. The molecule has 0 aromatic heterocycles. The molecule has 0 heterocycles. The molecule has 0 radical (unpaired) electrons. The number of hydrogen-bond donors (Lipinski definition) is 2. The van der Waals surface area contributed by atoms with Crippen LogP contribution in [0.5, 0.6) is 0 Å². The summed E-state index contributed by atoms with van der Waals surface area (Å²) in [7, 11) is 0. The summed E-state index contributed by atoms with van der Waals surface area (Å²) < 4.78 is 0. The lowest BCUT2D eigenvalue weighted by Crippen LogP contribution is -2.37. The summed E-state index contributed by atoms with van der Waals surface area (Å²) in [5, 5.41) is 8.52. The second kappa shape index (κ2) is 8.67. The smallest absolute Gasteiger partial charge is 0.238 e. The Bertz CT molecular complexity index is 1100. The SMILES string of the molecule is O=C(NC(=S)Nc1ccc2ccccc2c1)C(c1ccccc1)c1ccccc1. The molecular formula is C25H20N2OS. The summed E-state index contributed by atoms with van der Waals surface area (Å²) in [6, 6.07) is 33.5. The van der Waals surface area contributed by atoms with Gasteiger partial charge in [-0.15, -0.1) is 0 Å². The van der Waals surface area contributed by atoms with Crippen LogP contribution in [0.2, 0.25) is 0 Å². The van der Waals surface area contributed by atoms with Crippen LogP contribution in [0.3, 0.4) is 0 Å². The predicted molar refractivity (Wildman–Crippen MR) is 123 cm³/mol. The van der Waals surface area contributed by atoms with E-state index in [2.05, 4.69) is 16.7 Å². The highest BCUT2D eigenvalue weighted by atomic mass is 32.1. The molecular weight excluding hydrogens is 376 g/mol. The Morgan fingerprint density at radius 3 is 1.86 bits per heavy atom. The number of nitrogens with one attached hydrogen (secondary N) is 2. The molecule has 4 rings (SSSR count). The fourth-order valence-corrected chi connectivity index (χ4v) is 3.62. The normalized spacial score (nSPS) is 10.7. The van der Waals surface area contributed by atoms with Gasteiger partial charge in [-0.25, -0.2) is 0 Å². The van der Waals surface area contributed by atoms with Gasteiger partial charge < -0.3 is 10.6 Å². The first-order valence-corrected chi connectivity index (χ1v) is 9.82. The molecule has 0 bridgehead atoms. The molecule has 0 saturated heterocycles. The van der Waals surface area contributed by atoms with Crippen LogP contribution in [0, 0.1) is 0 Å². The van der Waals surface area contributed by atoms with Crippen LogP contribution in [0.15, 0.2) is 103 Å². The van der Waals surface area contributed by atoms with Crippen molar-refractivity contribution in [1.29, 1.82) is 0 Å². The third kappa shape index (κ3) is 4.50. The largest absolute Gasteiger partial charge is 0.332 e. The first-order chi connectivity index (χ1) is 14.2. The van der Waals surface area contributed by atoms with Gasteiger partial charge in [-0.2, -0.15) is 0 Å². The lowest BCUT2D eigenvalue weighted by Gasteiger charge is -2.18. The summed E-state index contributed by atoms with van der Waals surface area (Å²) in [6.45, 7) is 0. The third-order valence-corrected chi connectivity index (χ3v) is 4.98. The third-order valence-electron chi connectivity index (χ3n) is 4.77. The molecule has 3 nitrogen and oxygen atoms in total. The van der Waals surface area contributed by atoms with E-state index in [1.165, 1.54) is 0 Å². The first kappa shape index (κ1) is 18.8. The highest BCUT2D eigenvalue weighted by molar-refractivity contribution is 7.80. The zero-order valence-electron chi connectivity index (χ0n) is 15.7. The number of carbonyl (C=O) groups is 1. The Morgan fingerprint density at radius 2 is 1.24 bits per heavy atom. The second-order valence-corrected chi connectivity index (χ2v) is 7.17. The lowest BCUT2D eigenvalue weighted by atomic mass is 9.90. The molecule has 0 aliphatic carbocycles. The number of amides is 1. The fourth-order valence-electron chi connectivity index (χ4n) is 3.40. The molecule has 0 fully saturated rings. The van der Waals surface area contributed by atoms with Crippen molar-refractivity contribution in [3.8, 4) is 0 Å². The van der Waals surface area contributed by atoms with Crippen LogP contribution in [0.1, 0.15) is 17.0 Å². The zero-order chi connectivity index (χ0) is 20.1. The van der Waals surface area contributed by atoms with Crippen molar-refractivity contribution in [3.05, 3.63) is 114 Å². The Labute approximate surface area is 175 Å². The highest BCUT2D eigenvalue weighted by Gasteiger charge is 2.23. The van der Waals surface area contributed by atoms with Gasteiger partial charge in [-0.3, -0.25) is 4.79 Å². The fraction of sp³-hybridized carbons (Fsp3) is 0.0400. The minimum Gasteiger partial charge on any atom is -0.332 e. The van der Waals surface area contributed by atoms with Gasteiger partial charge in [-0.1, -0.05) is 91.0 Å². The molecule has 0 aliphatic heterocycles. The van der Waals surface area contributed by atoms with Crippen molar-refractivity contribution in [3.63, 3.8) is 0 Å². The van der Waals surface area contributed by atoms with Crippen LogP contribution >= 0.6 is 12.2 Å².